The normalized spacial score (nSPS) is 16.3. The van der Waals surface area contributed by atoms with Crippen LogP contribution in [0.3, 0.4) is 0 Å². The Labute approximate surface area is 116 Å². The van der Waals surface area contributed by atoms with Gasteiger partial charge in [-0.15, -0.1) is 0 Å². The van der Waals surface area contributed by atoms with E-state index in [1.807, 2.05) is 0 Å². The van der Waals surface area contributed by atoms with Crippen molar-refractivity contribution in [3.05, 3.63) is 11.5 Å². The lowest BCUT2D eigenvalue weighted by Crippen LogP contribution is -2.26. The highest BCUT2D eigenvalue weighted by Crippen LogP contribution is 2.41. The van der Waals surface area contributed by atoms with Crippen LogP contribution in [-0.4, -0.2) is 22.3 Å². The number of nitrogens with two attached hydrogens (primary N) is 1. The summed E-state index contributed by atoms with van der Waals surface area (Å²) in [5.41, 5.74) is 7.10. The van der Waals surface area contributed by atoms with Gasteiger partial charge in [-0.05, 0) is 32.6 Å². The number of anilines is 1. The molecule has 1 saturated carbocycles. The monoisotopic (exact) mass is 265 g/mol. The molecule has 0 radical (unpaired) electrons. The molecule has 108 valence electrons. The fourth-order valence-electron chi connectivity index (χ4n) is 2.35. The Morgan fingerprint density at radius 2 is 2.05 bits per heavy atom. The molecule has 0 spiro atoms. The zero-order valence-corrected chi connectivity index (χ0v) is 12.9. The van der Waals surface area contributed by atoms with E-state index in [9.17, 15) is 0 Å². The molecule has 1 aliphatic carbocycles. The quantitative estimate of drug-likeness (QED) is 0.860. The van der Waals surface area contributed by atoms with Gasteiger partial charge in [-0.3, -0.25) is 0 Å². The molecule has 0 atom stereocenters. The van der Waals surface area contributed by atoms with E-state index in [1.54, 1.807) is 7.11 Å². The van der Waals surface area contributed by atoms with Crippen molar-refractivity contribution < 1.29 is 4.74 Å². The topological polar surface area (TPSA) is 53.1 Å². The molecule has 0 amide bonds. The summed E-state index contributed by atoms with van der Waals surface area (Å²) in [7, 11) is 1.74. The third kappa shape index (κ3) is 3.30. The van der Waals surface area contributed by atoms with Crippen molar-refractivity contribution in [2.24, 2.45) is 5.92 Å². The molecule has 4 nitrogen and oxygen atoms in total. The van der Waals surface area contributed by atoms with E-state index in [-0.39, 0.29) is 5.60 Å². The lowest BCUT2D eigenvalue weighted by Gasteiger charge is -2.21. The second-order valence-electron chi connectivity index (χ2n) is 6.72. The predicted octanol–water partition coefficient (Wildman–Crippen LogP) is 2.97. The molecule has 0 unspecified atom stereocenters. The van der Waals surface area contributed by atoms with Gasteiger partial charge in [0.25, 0.3) is 0 Å². The van der Waals surface area contributed by atoms with Gasteiger partial charge in [0, 0.05) is 26.0 Å². The average molecular weight is 265 g/mol. The van der Waals surface area contributed by atoms with Crippen molar-refractivity contribution in [1.82, 2.24) is 9.55 Å². The Bertz CT molecular complexity index is 444. The van der Waals surface area contributed by atoms with Gasteiger partial charge in [-0.2, -0.15) is 0 Å². The van der Waals surface area contributed by atoms with E-state index in [0.717, 1.165) is 24.5 Å². The van der Waals surface area contributed by atoms with Crippen LogP contribution < -0.4 is 5.73 Å². The highest BCUT2D eigenvalue weighted by molar-refractivity contribution is 5.40. The van der Waals surface area contributed by atoms with Crippen LogP contribution in [0.4, 0.5) is 5.82 Å². The Hall–Kier alpha value is -1.03. The highest BCUT2D eigenvalue weighted by Gasteiger charge is 2.32. The van der Waals surface area contributed by atoms with E-state index in [2.05, 4.69) is 32.3 Å². The van der Waals surface area contributed by atoms with Gasteiger partial charge >= 0.3 is 0 Å². The molecule has 2 rings (SSSR count). The van der Waals surface area contributed by atoms with Crippen LogP contribution in [0.1, 0.15) is 58.0 Å². The number of hydrogen-bond donors (Lipinski definition) is 1. The number of nitrogen functional groups attached to an aromatic ring is 1. The van der Waals surface area contributed by atoms with Crippen molar-refractivity contribution in [1.29, 1.82) is 0 Å². The summed E-state index contributed by atoms with van der Waals surface area (Å²) >= 11 is 0. The summed E-state index contributed by atoms with van der Waals surface area (Å²) in [5, 5.41) is 0. The van der Waals surface area contributed by atoms with Crippen molar-refractivity contribution in [2.75, 3.05) is 12.8 Å². The Morgan fingerprint density at radius 1 is 1.42 bits per heavy atom. The highest BCUT2D eigenvalue weighted by atomic mass is 16.5. The van der Waals surface area contributed by atoms with Crippen LogP contribution in [0, 0.1) is 5.92 Å². The minimum Gasteiger partial charge on any atom is -0.384 e. The van der Waals surface area contributed by atoms with Crippen LogP contribution in [0.2, 0.25) is 0 Å². The van der Waals surface area contributed by atoms with E-state index >= 15 is 0 Å². The molecule has 1 aliphatic rings. The second kappa shape index (κ2) is 5.16. The molecule has 2 N–H and O–H groups in total. The summed E-state index contributed by atoms with van der Waals surface area (Å²) in [6.45, 7) is 9.54. The zero-order chi connectivity index (χ0) is 14.2. The summed E-state index contributed by atoms with van der Waals surface area (Å²) in [5.74, 6) is 3.23. The molecule has 0 aliphatic heterocycles. The minimum absolute atomic E-state index is 0.216. The van der Waals surface area contributed by atoms with Crippen LogP contribution in [0.5, 0.6) is 0 Å². The largest absolute Gasteiger partial charge is 0.384 e. The van der Waals surface area contributed by atoms with Gasteiger partial charge in [0.05, 0.1) is 11.3 Å². The molecular formula is C15H27N3O. The van der Waals surface area contributed by atoms with Crippen LogP contribution in [-0.2, 0) is 17.7 Å². The standard InChI is InChI=1S/C15H27N3O/c1-10(2)9-18-13(16)12(8-15(3,4)19-5)17-14(18)11-6-7-11/h10-11H,6-9,16H2,1-5H3. The van der Waals surface area contributed by atoms with Crippen molar-refractivity contribution in [2.45, 2.75) is 65.0 Å². The molecule has 1 heterocycles. The molecule has 0 aromatic carbocycles. The third-order valence-electron chi connectivity index (χ3n) is 3.75. The van der Waals surface area contributed by atoms with Crippen molar-refractivity contribution in [3.8, 4) is 0 Å². The van der Waals surface area contributed by atoms with Crippen LogP contribution in [0.25, 0.3) is 0 Å². The van der Waals surface area contributed by atoms with Crippen molar-refractivity contribution >= 4 is 5.82 Å². The van der Waals surface area contributed by atoms with Gasteiger partial charge in [0.1, 0.15) is 11.6 Å². The first-order chi connectivity index (χ1) is 8.84. The first-order valence-electron chi connectivity index (χ1n) is 7.24. The molecular weight excluding hydrogens is 238 g/mol. The number of hydrogen-bond acceptors (Lipinski definition) is 3. The fourth-order valence-corrected chi connectivity index (χ4v) is 2.35. The maximum absolute atomic E-state index is 6.32. The first kappa shape index (κ1) is 14.4. The minimum atomic E-state index is -0.216. The average Bonchev–Trinajstić information content (AvgIpc) is 3.11. The van der Waals surface area contributed by atoms with Crippen LogP contribution >= 0.6 is 0 Å². The van der Waals surface area contributed by atoms with Crippen molar-refractivity contribution in [3.63, 3.8) is 0 Å². The number of imidazole rings is 1. The number of aromatic nitrogens is 2. The molecule has 19 heavy (non-hydrogen) atoms. The first-order valence-corrected chi connectivity index (χ1v) is 7.24. The fraction of sp³-hybridized carbons (Fsp3) is 0.800. The molecule has 0 bridgehead atoms. The predicted molar refractivity (Wildman–Crippen MR) is 78.2 cm³/mol. The van der Waals surface area contributed by atoms with E-state index in [1.165, 1.54) is 18.7 Å². The van der Waals surface area contributed by atoms with Gasteiger partial charge in [0.15, 0.2) is 0 Å². The molecule has 1 fully saturated rings. The lowest BCUT2D eigenvalue weighted by atomic mass is 10.0. The van der Waals surface area contributed by atoms with E-state index < -0.39 is 0 Å². The van der Waals surface area contributed by atoms with Gasteiger partial charge in [0.2, 0.25) is 0 Å². The summed E-state index contributed by atoms with van der Waals surface area (Å²) in [6.07, 6.45) is 3.27. The molecule has 1 aromatic rings. The number of nitrogens with zero attached hydrogens (tertiary/aromatic N) is 2. The molecule has 0 saturated heterocycles. The summed E-state index contributed by atoms with van der Waals surface area (Å²) in [4.78, 5) is 4.82. The summed E-state index contributed by atoms with van der Waals surface area (Å²) in [6, 6.07) is 0. The number of methoxy groups -OCH3 is 1. The SMILES string of the molecule is COC(C)(C)Cc1nc(C2CC2)n(CC(C)C)c1N. The molecule has 4 heteroatoms. The smallest absolute Gasteiger partial charge is 0.126 e. The Kier molecular flexibility index (Phi) is 3.90. The zero-order valence-electron chi connectivity index (χ0n) is 12.9. The van der Waals surface area contributed by atoms with Crippen LogP contribution in [0.15, 0.2) is 0 Å². The maximum atomic E-state index is 6.32. The van der Waals surface area contributed by atoms with Gasteiger partial charge < -0.3 is 15.0 Å². The molecule has 1 aromatic heterocycles. The Balaban J connectivity index is 2.29. The maximum Gasteiger partial charge on any atom is 0.126 e. The second-order valence-corrected chi connectivity index (χ2v) is 6.72. The van der Waals surface area contributed by atoms with Gasteiger partial charge in [-0.25, -0.2) is 4.98 Å². The van der Waals surface area contributed by atoms with Gasteiger partial charge in [-0.1, -0.05) is 13.8 Å². The summed E-state index contributed by atoms with van der Waals surface area (Å²) < 4.78 is 7.72. The van der Waals surface area contributed by atoms with E-state index in [4.69, 9.17) is 15.5 Å². The number of rotatable bonds is 6. The number of ether oxygens (including phenoxy) is 1. The van der Waals surface area contributed by atoms with E-state index in [0.29, 0.717) is 11.8 Å². The third-order valence-corrected chi connectivity index (χ3v) is 3.75. The lowest BCUT2D eigenvalue weighted by molar-refractivity contribution is 0.0226. The Morgan fingerprint density at radius 3 is 2.53 bits per heavy atom.